The fourth-order valence-electron chi connectivity index (χ4n) is 1.57. The van der Waals surface area contributed by atoms with Gasteiger partial charge in [-0.2, -0.15) is 0 Å². The van der Waals surface area contributed by atoms with Gasteiger partial charge in [-0.25, -0.2) is 14.4 Å². The van der Waals surface area contributed by atoms with E-state index in [1.807, 2.05) is 20.8 Å². The first-order chi connectivity index (χ1) is 8.77. The Kier molecular flexibility index (Phi) is 3.79. The smallest absolute Gasteiger partial charge is 0.161 e. The predicted molar refractivity (Wildman–Crippen MR) is 76.1 cm³/mol. The van der Waals surface area contributed by atoms with Crippen LogP contribution in [0.15, 0.2) is 24.3 Å². The molecule has 0 bridgehead atoms. The summed E-state index contributed by atoms with van der Waals surface area (Å²) in [5.74, 6) is -0.0252. The van der Waals surface area contributed by atoms with Crippen molar-refractivity contribution in [3.63, 3.8) is 0 Å². The number of halogens is 3. The fraction of sp³-hybridized carbons (Fsp3) is 0.286. The summed E-state index contributed by atoms with van der Waals surface area (Å²) in [5, 5.41) is 0.397. The topological polar surface area (TPSA) is 25.8 Å². The van der Waals surface area contributed by atoms with E-state index >= 15 is 0 Å². The molecule has 0 aliphatic heterocycles. The minimum absolute atomic E-state index is 0.0402. The van der Waals surface area contributed by atoms with Crippen molar-refractivity contribution in [2.45, 2.75) is 26.2 Å². The molecule has 2 aromatic rings. The van der Waals surface area contributed by atoms with E-state index in [0.29, 0.717) is 16.5 Å². The molecule has 0 aliphatic carbocycles. The lowest BCUT2D eigenvalue weighted by atomic mass is 9.92. The monoisotopic (exact) mass is 298 g/mol. The molecule has 19 heavy (non-hydrogen) atoms. The van der Waals surface area contributed by atoms with Gasteiger partial charge < -0.3 is 0 Å². The standard InChI is InChI=1S/C14H13Cl2FN2/c1-14(2,3)11-7-12(16)19-13(18-11)8-4-5-10(17)9(15)6-8/h4-7H,1-3H3. The molecule has 0 amide bonds. The number of benzene rings is 1. The summed E-state index contributed by atoms with van der Waals surface area (Å²) in [7, 11) is 0. The molecule has 0 fully saturated rings. The lowest BCUT2D eigenvalue weighted by Crippen LogP contribution is -2.14. The molecule has 0 spiro atoms. The summed E-state index contributed by atoms with van der Waals surface area (Å²) in [4.78, 5) is 8.63. The third-order valence-electron chi connectivity index (χ3n) is 2.64. The number of rotatable bonds is 1. The fourth-order valence-corrected chi connectivity index (χ4v) is 1.93. The van der Waals surface area contributed by atoms with Crippen molar-refractivity contribution in [2.75, 3.05) is 0 Å². The summed E-state index contributed by atoms with van der Waals surface area (Å²) >= 11 is 11.8. The van der Waals surface area contributed by atoms with Gasteiger partial charge >= 0.3 is 0 Å². The second kappa shape index (κ2) is 5.06. The van der Waals surface area contributed by atoms with Gasteiger partial charge in [-0.05, 0) is 24.3 Å². The van der Waals surface area contributed by atoms with Crippen LogP contribution in [0.4, 0.5) is 4.39 Å². The molecule has 1 heterocycles. The zero-order valence-corrected chi connectivity index (χ0v) is 12.3. The van der Waals surface area contributed by atoms with E-state index < -0.39 is 5.82 Å². The van der Waals surface area contributed by atoms with Crippen LogP contribution < -0.4 is 0 Å². The molecule has 0 atom stereocenters. The molecule has 1 aromatic carbocycles. The molecule has 0 saturated carbocycles. The highest BCUT2D eigenvalue weighted by Crippen LogP contribution is 2.27. The van der Waals surface area contributed by atoms with Crippen molar-refractivity contribution >= 4 is 23.2 Å². The quantitative estimate of drug-likeness (QED) is 0.701. The Hall–Kier alpha value is -1.19. The average Bonchev–Trinajstić information content (AvgIpc) is 2.31. The SMILES string of the molecule is CC(C)(C)c1cc(Cl)nc(-c2ccc(F)c(Cl)c2)n1. The van der Waals surface area contributed by atoms with Crippen LogP contribution in [-0.4, -0.2) is 9.97 Å². The lowest BCUT2D eigenvalue weighted by Gasteiger charge is -2.18. The Labute approximate surface area is 121 Å². The predicted octanol–water partition coefficient (Wildman–Crippen LogP) is 4.89. The Morgan fingerprint density at radius 2 is 1.74 bits per heavy atom. The van der Waals surface area contributed by atoms with Crippen molar-refractivity contribution in [2.24, 2.45) is 0 Å². The van der Waals surface area contributed by atoms with Crippen molar-refractivity contribution < 1.29 is 4.39 Å². The van der Waals surface area contributed by atoms with E-state index in [9.17, 15) is 4.39 Å². The van der Waals surface area contributed by atoms with Gasteiger partial charge in [0.2, 0.25) is 0 Å². The minimum Gasteiger partial charge on any atom is -0.232 e. The van der Waals surface area contributed by atoms with Crippen LogP contribution in [-0.2, 0) is 5.41 Å². The first kappa shape index (κ1) is 14.2. The normalized spacial score (nSPS) is 11.7. The second-order valence-corrected chi connectivity index (χ2v) is 6.07. The Morgan fingerprint density at radius 1 is 1.05 bits per heavy atom. The molecular formula is C14H13Cl2FN2. The Morgan fingerprint density at radius 3 is 2.32 bits per heavy atom. The number of aromatic nitrogens is 2. The van der Waals surface area contributed by atoms with Crippen LogP contribution in [0.1, 0.15) is 26.5 Å². The van der Waals surface area contributed by atoms with Crippen molar-refractivity contribution in [3.8, 4) is 11.4 Å². The summed E-state index contributed by atoms with van der Waals surface area (Å²) in [5.41, 5.74) is 1.31. The molecule has 0 N–H and O–H groups in total. The Bertz CT molecular complexity index is 621. The Balaban J connectivity index is 2.56. The lowest BCUT2D eigenvalue weighted by molar-refractivity contribution is 0.568. The van der Waals surface area contributed by atoms with E-state index in [1.165, 1.54) is 12.1 Å². The first-order valence-electron chi connectivity index (χ1n) is 5.78. The molecule has 0 aliphatic rings. The largest absolute Gasteiger partial charge is 0.232 e. The maximum Gasteiger partial charge on any atom is 0.161 e. The third kappa shape index (κ3) is 3.23. The molecule has 0 saturated heterocycles. The van der Waals surface area contributed by atoms with Crippen molar-refractivity contribution in [3.05, 3.63) is 46.0 Å². The van der Waals surface area contributed by atoms with Gasteiger partial charge in [0.1, 0.15) is 11.0 Å². The summed E-state index contributed by atoms with van der Waals surface area (Å²) in [6, 6.07) is 6.10. The number of nitrogens with zero attached hydrogens (tertiary/aromatic N) is 2. The van der Waals surface area contributed by atoms with Crippen molar-refractivity contribution in [1.82, 2.24) is 9.97 Å². The van der Waals surface area contributed by atoms with Crippen LogP contribution in [0.2, 0.25) is 10.2 Å². The van der Waals surface area contributed by atoms with E-state index in [2.05, 4.69) is 9.97 Å². The summed E-state index contributed by atoms with van der Waals surface area (Å²) < 4.78 is 13.2. The van der Waals surface area contributed by atoms with Crippen LogP contribution in [0.25, 0.3) is 11.4 Å². The molecule has 5 heteroatoms. The van der Waals surface area contributed by atoms with Gasteiger partial charge in [0.25, 0.3) is 0 Å². The van der Waals surface area contributed by atoms with Gasteiger partial charge in [-0.3, -0.25) is 0 Å². The van der Waals surface area contributed by atoms with E-state index in [-0.39, 0.29) is 10.4 Å². The van der Waals surface area contributed by atoms with Gasteiger partial charge in [0, 0.05) is 11.0 Å². The van der Waals surface area contributed by atoms with Crippen LogP contribution >= 0.6 is 23.2 Å². The highest BCUT2D eigenvalue weighted by Gasteiger charge is 2.18. The van der Waals surface area contributed by atoms with E-state index in [0.717, 1.165) is 5.69 Å². The zero-order chi connectivity index (χ0) is 14.2. The average molecular weight is 299 g/mol. The minimum atomic E-state index is -0.469. The molecular weight excluding hydrogens is 286 g/mol. The van der Waals surface area contributed by atoms with E-state index in [1.54, 1.807) is 12.1 Å². The van der Waals surface area contributed by atoms with Crippen LogP contribution in [0.5, 0.6) is 0 Å². The van der Waals surface area contributed by atoms with Crippen molar-refractivity contribution in [1.29, 1.82) is 0 Å². The van der Waals surface area contributed by atoms with Crippen LogP contribution in [0, 0.1) is 5.82 Å². The number of hydrogen-bond acceptors (Lipinski definition) is 2. The van der Waals surface area contributed by atoms with Gasteiger partial charge in [-0.1, -0.05) is 44.0 Å². The summed E-state index contributed by atoms with van der Waals surface area (Å²) in [6.07, 6.45) is 0. The molecule has 2 rings (SSSR count). The molecule has 2 nitrogen and oxygen atoms in total. The molecule has 0 radical (unpaired) electrons. The second-order valence-electron chi connectivity index (χ2n) is 5.28. The maximum atomic E-state index is 13.2. The first-order valence-corrected chi connectivity index (χ1v) is 6.53. The molecule has 100 valence electrons. The number of hydrogen-bond donors (Lipinski definition) is 0. The zero-order valence-electron chi connectivity index (χ0n) is 10.8. The third-order valence-corrected chi connectivity index (χ3v) is 3.12. The van der Waals surface area contributed by atoms with Gasteiger partial charge in [0.15, 0.2) is 5.82 Å². The highest BCUT2D eigenvalue weighted by molar-refractivity contribution is 6.31. The highest BCUT2D eigenvalue weighted by atomic mass is 35.5. The molecule has 0 unspecified atom stereocenters. The summed E-state index contributed by atoms with van der Waals surface area (Å²) in [6.45, 7) is 6.10. The maximum absolute atomic E-state index is 13.2. The van der Waals surface area contributed by atoms with Gasteiger partial charge in [-0.15, -0.1) is 0 Å². The van der Waals surface area contributed by atoms with Crippen LogP contribution in [0.3, 0.4) is 0 Å². The van der Waals surface area contributed by atoms with Gasteiger partial charge in [0.05, 0.1) is 10.7 Å². The van der Waals surface area contributed by atoms with E-state index in [4.69, 9.17) is 23.2 Å². The molecule has 1 aromatic heterocycles.